The molecule has 3 unspecified atom stereocenters. The third-order valence-corrected chi connectivity index (χ3v) is 10.5. The van der Waals surface area contributed by atoms with Crippen molar-refractivity contribution in [1.29, 1.82) is 0 Å². The largest absolute Gasteiger partial charge is 0.360 e. The zero-order valence-corrected chi connectivity index (χ0v) is 23.2. The second kappa shape index (κ2) is 9.46. The van der Waals surface area contributed by atoms with Crippen molar-refractivity contribution in [3.8, 4) is 11.3 Å². The molecule has 5 aliphatic carbocycles. The summed E-state index contributed by atoms with van der Waals surface area (Å²) >= 11 is 0. The number of nitrogens with zero attached hydrogens (tertiary/aromatic N) is 4. The van der Waals surface area contributed by atoms with Gasteiger partial charge in [0.1, 0.15) is 11.5 Å². The third kappa shape index (κ3) is 4.79. The molecule has 1 amide bonds. The van der Waals surface area contributed by atoms with Crippen molar-refractivity contribution in [1.82, 2.24) is 15.3 Å². The fourth-order valence-corrected chi connectivity index (χ4v) is 7.67. The number of fused-ring (bicyclic) bond motifs is 2. The molecule has 216 valence electrons. The maximum atomic E-state index is 13.8. The molecule has 9 heteroatoms. The highest BCUT2D eigenvalue weighted by Crippen LogP contribution is 2.53. The highest BCUT2D eigenvalue weighted by molar-refractivity contribution is 5.96. The van der Waals surface area contributed by atoms with Crippen molar-refractivity contribution in [2.45, 2.75) is 100 Å². The molecule has 0 aliphatic heterocycles. The van der Waals surface area contributed by atoms with Crippen LogP contribution in [0.4, 0.5) is 14.5 Å². The molecule has 2 aromatic heterocycles. The molecule has 0 spiro atoms. The molecule has 2 heterocycles. The van der Waals surface area contributed by atoms with Crippen LogP contribution in [0.25, 0.3) is 11.3 Å². The fourth-order valence-electron chi connectivity index (χ4n) is 7.67. The summed E-state index contributed by atoms with van der Waals surface area (Å²) in [5.74, 6) is 0.630. The number of amides is 1. The van der Waals surface area contributed by atoms with Crippen LogP contribution < -0.4 is 4.90 Å². The van der Waals surface area contributed by atoms with Crippen LogP contribution in [0.2, 0.25) is 0 Å². The molecule has 5 aliphatic rings. The van der Waals surface area contributed by atoms with Gasteiger partial charge in [-0.05, 0) is 75.3 Å². The molecule has 7 nitrogen and oxygen atoms in total. The number of hydrogen-bond donors (Lipinski definition) is 0. The monoisotopic (exact) mass is 562 g/mol. The van der Waals surface area contributed by atoms with E-state index in [1.54, 1.807) is 4.90 Å². The predicted octanol–water partition coefficient (Wildman–Crippen LogP) is 7.40. The standard InChI is InChI=1S/C32H36F2N4O3/c33-32(34)16-24(17-32)29(39)38(25-5-1-3-21(13-25)26-14-27(40-36-26)19-6-7-19)18-23-10-12-31(11-2-4-22(23)15-31)30-35-28(37-41-30)20-8-9-20/h1,3,5,13-14,19-20,22-24H,2,4,6-12,15-18H2. The Bertz CT molecular complexity index is 1450. The molecule has 5 saturated carbocycles. The van der Waals surface area contributed by atoms with E-state index < -0.39 is 11.8 Å². The molecule has 2 bridgehead atoms. The fraction of sp³-hybridized carbons (Fsp3) is 0.625. The molecular weight excluding hydrogens is 526 g/mol. The lowest BCUT2D eigenvalue weighted by Crippen LogP contribution is -2.50. The summed E-state index contributed by atoms with van der Waals surface area (Å²) in [6.07, 6.45) is 9.94. The van der Waals surface area contributed by atoms with Gasteiger partial charge in [0.05, 0.1) is 0 Å². The van der Waals surface area contributed by atoms with Gasteiger partial charge in [0.2, 0.25) is 17.7 Å². The van der Waals surface area contributed by atoms with E-state index >= 15 is 0 Å². The van der Waals surface area contributed by atoms with E-state index in [4.69, 9.17) is 14.0 Å². The summed E-state index contributed by atoms with van der Waals surface area (Å²) in [5, 5.41) is 8.60. The maximum absolute atomic E-state index is 13.8. The SMILES string of the molecule is O=C(C1CC(F)(F)C1)N(CC1CCC2(c3nc(C4CC4)no3)CCCC1C2)c1cccc(-c2cc(C3CC3)on2)c1. The smallest absolute Gasteiger partial charge is 0.249 e. The van der Waals surface area contributed by atoms with Crippen molar-refractivity contribution in [3.05, 3.63) is 47.8 Å². The summed E-state index contributed by atoms with van der Waals surface area (Å²) in [4.78, 5) is 20.4. The number of hydrogen-bond acceptors (Lipinski definition) is 6. The Labute approximate surface area is 238 Å². The maximum Gasteiger partial charge on any atom is 0.249 e. The lowest BCUT2D eigenvalue weighted by molar-refractivity contribution is -0.148. The molecule has 41 heavy (non-hydrogen) atoms. The van der Waals surface area contributed by atoms with Crippen molar-refractivity contribution >= 4 is 11.6 Å². The zero-order valence-electron chi connectivity index (χ0n) is 23.2. The van der Waals surface area contributed by atoms with Crippen LogP contribution in [-0.2, 0) is 10.2 Å². The highest BCUT2D eigenvalue weighted by atomic mass is 19.3. The van der Waals surface area contributed by atoms with E-state index in [0.29, 0.717) is 24.3 Å². The van der Waals surface area contributed by atoms with E-state index in [1.807, 2.05) is 30.3 Å². The van der Waals surface area contributed by atoms with Crippen LogP contribution in [0.5, 0.6) is 0 Å². The third-order valence-electron chi connectivity index (χ3n) is 10.5. The summed E-state index contributed by atoms with van der Waals surface area (Å²) in [6, 6.07) is 9.77. The normalized spacial score (nSPS) is 29.2. The minimum absolute atomic E-state index is 0.0729. The van der Waals surface area contributed by atoms with Gasteiger partial charge in [-0.25, -0.2) is 8.78 Å². The zero-order chi connectivity index (χ0) is 27.8. The van der Waals surface area contributed by atoms with Gasteiger partial charge < -0.3 is 13.9 Å². The number of carbonyl (C=O) groups is 1. The van der Waals surface area contributed by atoms with Gasteiger partial charge in [0.15, 0.2) is 5.82 Å². The predicted molar refractivity (Wildman–Crippen MR) is 147 cm³/mol. The molecule has 0 saturated heterocycles. The van der Waals surface area contributed by atoms with Crippen molar-refractivity contribution in [2.24, 2.45) is 17.8 Å². The average molecular weight is 563 g/mol. The van der Waals surface area contributed by atoms with E-state index in [-0.39, 0.29) is 30.1 Å². The van der Waals surface area contributed by atoms with Gasteiger partial charge in [-0.2, -0.15) is 4.98 Å². The number of benzene rings is 1. The van der Waals surface area contributed by atoms with Crippen molar-refractivity contribution in [2.75, 3.05) is 11.4 Å². The molecule has 0 radical (unpaired) electrons. The minimum Gasteiger partial charge on any atom is -0.360 e. The second-order valence-corrected chi connectivity index (χ2v) is 13.5. The van der Waals surface area contributed by atoms with E-state index in [2.05, 4.69) is 10.3 Å². The van der Waals surface area contributed by atoms with Crippen LogP contribution in [0.1, 0.15) is 106 Å². The topological polar surface area (TPSA) is 85.3 Å². The summed E-state index contributed by atoms with van der Waals surface area (Å²) in [5.41, 5.74) is 2.29. The molecule has 3 atom stereocenters. The molecule has 3 aromatic rings. The number of alkyl halides is 2. The first-order chi connectivity index (χ1) is 19.9. The minimum atomic E-state index is -2.75. The number of carbonyl (C=O) groups excluding carboxylic acids is 1. The molecular formula is C32H36F2N4O3. The van der Waals surface area contributed by atoms with Gasteiger partial charge in [0, 0.05) is 59.9 Å². The van der Waals surface area contributed by atoms with Crippen molar-refractivity contribution in [3.63, 3.8) is 0 Å². The second-order valence-electron chi connectivity index (χ2n) is 13.5. The number of halogens is 2. The first-order valence-corrected chi connectivity index (χ1v) is 15.5. The first-order valence-electron chi connectivity index (χ1n) is 15.5. The molecule has 0 N–H and O–H groups in total. The van der Waals surface area contributed by atoms with Crippen LogP contribution in [-0.4, -0.2) is 33.7 Å². The summed E-state index contributed by atoms with van der Waals surface area (Å²) < 4.78 is 39.1. The van der Waals surface area contributed by atoms with Gasteiger partial charge in [0.25, 0.3) is 0 Å². The Morgan fingerprint density at radius 1 is 0.951 bits per heavy atom. The van der Waals surface area contributed by atoms with Crippen molar-refractivity contribution < 1.29 is 22.6 Å². The van der Waals surface area contributed by atoms with Gasteiger partial charge in [-0.3, -0.25) is 4.79 Å². The quantitative estimate of drug-likeness (QED) is 0.284. The molecule has 5 fully saturated rings. The summed E-state index contributed by atoms with van der Waals surface area (Å²) in [7, 11) is 0. The Morgan fingerprint density at radius 2 is 1.78 bits per heavy atom. The van der Waals surface area contributed by atoms with Crippen LogP contribution in [0, 0.1) is 17.8 Å². The van der Waals surface area contributed by atoms with Gasteiger partial charge in [-0.1, -0.05) is 35.3 Å². The molecule has 8 rings (SSSR count). The average Bonchev–Trinajstić information content (AvgIpc) is 3.90. The highest BCUT2D eigenvalue weighted by Gasteiger charge is 2.52. The van der Waals surface area contributed by atoms with Crippen LogP contribution >= 0.6 is 0 Å². The van der Waals surface area contributed by atoms with Crippen LogP contribution in [0.15, 0.2) is 39.4 Å². The molecule has 1 aromatic carbocycles. The lowest BCUT2D eigenvalue weighted by atomic mass is 9.58. The Morgan fingerprint density at radius 3 is 2.56 bits per heavy atom. The Balaban J connectivity index is 1.05. The number of rotatable bonds is 8. The van der Waals surface area contributed by atoms with Gasteiger partial charge in [-0.15, -0.1) is 0 Å². The van der Waals surface area contributed by atoms with Crippen LogP contribution in [0.3, 0.4) is 0 Å². The lowest BCUT2D eigenvalue weighted by Gasteiger charge is -2.48. The first kappa shape index (κ1) is 25.6. The number of anilines is 1. The van der Waals surface area contributed by atoms with E-state index in [0.717, 1.165) is 98.6 Å². The van der Waals surface area contributed by atoms with E-state index in [1.165, 1.54) is 0 Å². The summed E-state index contributed by atoms with van der Waals surface area (Å²) in [6.45, 7) is 0.536. The Hall–Kier alpha value is -3.10. The van der Waals surface area contributed by atoms with E-state index in [9.17, 15) is 13.6 Å². The number of aromatic nitrogens is 3. The Kier molecular flexibility index (Phi) is 5.91. The van der Waals surface area contributed by atoms with Gasteiger partial charge >= 0.3 is 0 Å².